The molecule has 4 nitrogen and oxygen atoms in total. The van der Waals surface area contributed by atoms with Crippen LogP contribution < -0.4 is 0 Å². The largest absolute Gasteiger partial charge is 0.456 e. The molecule has 2 aromatic heterocycles. The van der Waals surface area contributed by atoms with Gasteiger partial charge in [0.25, 0.3) is 0 Å². The quantitative estimate of drug-likeness (QED) is 0.175. The van der Waals surface area contributed by atoms with Crippen molar-refractivity contribution in [3.8, 4) is 56.4 Å². The Bertz CT molecular complexity index is 2870. The molecule has 0 atom stereocenters. The molecule has 9 aromatic rings. The lowest BCUT2D eigenvalue weighted by molar-refractivity contribution is 0.669. The molecule has 10 rings (SSSR count). The van der Waals surface area contributed by atoms with E-state index in [1.165, 1.54) is 16.7 Å². The number of benzene rings is 7. The smallest absolute Gasteiger partial charge is 0.164 e. The minimum Gasteiger partial charge on any atom is -0.456 e. The van der Waals surface area contributed by atoms with Crippen LogP contribution in [0.5, 0.6) is 0 Å². The van der Waals surface area contributed by atoms with Gasteiger partial charge in [-0.3, -0.25) is 0 Å². The maximum atomic E-state index is 6.31. The van der Waals surface area contributed by atoms with Gasteiger partial charge in [0.2, 0.25) is 0 Å². The molecule has 0 spiro atoms. The highest BCUT2D eigenvalue weighted by Gasteiger charge is 2.18. The van der Waals surface area contributed by atoms with Gasteiger partial charge in [0.1, 0.15) is 11.2 Å². The van der Waals surface area contributed by atoms with Crippen LogP contribution >= 0.6 is 0 Å². The maximum absolute atomic E-state index is 6.31. The molecule has 0 saturated carbocycles. The van der Waals surface area contributed by atoms with E-state index >= 15 is 0 Å². The van der Waals surface area contributed by atoms with Gasteiger partial charge in [-0.15, -0.1) is 0 Å². The lowest BCUT2D eigenvalue weighted by Gasteiger charge is -2.14. The number of furan rings is 1. The summed E-state index contributed by atoms with van der Waals surface area (Å²) in [5.41, 5.74) is 11.6. The van der Waals surface area contributed by atoms with Gasteiger partial charge in [0.15, 0.2) is 17.5 Å². The normalized spacial score (nSPS) is 12.8. The lowest BCUT2D eigenvalue weighted by Crippen LogP contribution is -2.01. The minimum atomic E-state index is 0.623. The fraction of sp³-hybridized carbons (Fsp3) is 0.0408. The zero-order valence-electron chi connectivity index (χ0n) is 28.9. The van der Waals surface area contributed by atoms with Gasteiger partial charge < -0.3 is 4.42 Å². The summed E-state index contributed by atoms with van der Waals surface area (Å²) in [6.07, 6.45) is 8.68. The molecule has 1 aliphatic carbocycles. The average molecular weight is 680 g/mol. The summed E-state index contributed by atoms with van der Waals surface area (Å²) >= 11 is 0. The zero-order valence-corrected chi connectivity index (χ0v) is 28.9. The number of hydrogen-bond donors (Lipinski definition) is 0. The predicted molar refractivity (Wildman–Crippen MR) is 218 cm³/mol. The second kappa shape index (κ2) is 13.0. The van der Waals surface area contributed by atoms with Crippen LogP contribution in [0.3, 0.4) is 0 Å². The van der Waals surface area contributed by atoms with Crippen LogP contribution in [-0.2, 0) is 0 Å². The van der Waals surface area contributed by atoms with Gasteiger partial charge in [0, 0.05) is 27.5 Å². The maximum Gasteiger partial charge on any atom is 0.164 e. The molecule has 0 amide bonds. The van der Waals surface area contributed by atoms with E-state index in [0.29, 0.717) is 17.5 Å². The number of rotatable bonds is 6. The van der Waals surface area contributed by atoms with Crippen molar-refractivity contribution >= 4 is 38.3 Å². The van der Waals surface area contributed by atoms with Crippen LogP contribution in [0.25, 0.3) is 94.7 Å². The topological polar surface area (TPSA) is 51.8 Å². The molecule has 53 heavy (non-hydrogen) atoms. The second-order valence-electron chi connectivity index (χ2n) is 13.5. The fourth-order valence-electron chi connectivity index (χ4n) is 7.54. The molecule has 0 N–H and O–H groups in total. The van der Waals surface area contributed by atoms with Gasteiger partial charge in [0.05, 0.1) is 0 Å². The summed E-state index contributed by atoms with van der Waals surface area (Å²) < 4.78 is 6.31. The van der Waals surface area contributed by atoms with Crippen molar-refractivity contribution in [2.24, 2.45) is 0 Å². The van der Waals surface area contributed by atoms with E-state index in [-0.39, 0.29) is 0 Å². The molecule has 0 unspecified atom stereocenters. The number of para-hydroxylation sites is 1. The first-order chi connectivity index (χ1) is 26.2. The number of nitrogens with zero attached hydrogens (tertiary/aromatic N) is 3. The molecule has 0 saturated heterocycles. The fourth-order valence-corrected chi connectivity index (χ4v) is 7.54. The Labute approximate surface area is 307 Å². The molecule has 0 aliphatic heterocycles. The third-order valence-electron chi connectivity index (χ3n) is 10.2. The van der Waals surface area contributed by atoms with Crippen LogP contribution in [-0.4, -0.2) is 15.0 Å². The van der Waals surface area contributed by atoms with Crippen molar-refractivity contribution in [2.45, 2.75) is 12.8 Å². The zero-order chi connectivity index (χ0) is 35.1. The Kier molecular flexibility index (Phi) is 7.58. The summed E-state index contributed by atoms with van der Waals surface area (Å²) in [6, 6.07) is 55.0. The number of hydrogen-bond acceptors (Lipinski definition) is 4. The SMILES string of the molecule is C1=CCCC(c2ccc(-c3nc(-c4ccc(-c5ccccc5)cc4)nc(-c4cc(-c5cccc6oc7ccccc7c56)c5ccccc5c4)n3)cc2)=C1. The predicted octanol–water partition coefficient (Wildman–Crippen LogP) is 13.0. The Morgan fingerprint density at radius 1 is 0.434 bits per heavy atom. The van der Waals surface area contributed by atoms with Crippen LogP contribution in [0.2, 0.25) is 0 Å². The molecule has 1 aliphatic rings. The third kappa shape index (κ3) is 5.71. The first-order valence-electron chi connectivity index (χ1n) is 18.1. The first-order valence-corrected chi connectivity index (χ1v) is 18.1. The van der Waals surface area contributed by atoms with Crippen LogP contribution in [0, 0.1) is 0 Å². The van der Waals surface area contributed by atoms with Crippen molar-refractivity contribution in [1.82, 2.24) is 15.0 Å². The molecule has 4 heteroatoms. The Morgan fingerprint density at radius 2 is 1.04 bits per heavy atom. The van der Waals surface area contributed by atoms with E-state index < -0.39 is 0 Å². The average Bonchev–Trinajstić information content (AvgIpc) is 3.63. The van der Waals surface area contributed by atoms with E-state index in [0.717, 1.165) is 78.9 Å². The van der Waals surface area contributed by atoms with Crippen molar-refractivity contribution in [1.29, 1.82) is 0 Å². The number of fused-ring (bicyclic) bond motifs is 4. The van der Waals surface area contributed by atoms with Crippen LogP contribution in [0.1, 0.15) is 18.4 Å². The van der Waals surface area contributed by atoms with E-state index in [4.69, 9.17) is 19.4 Å². The van der Waals surface area contributed by atoms with Gasteiger partial charge in [-0.2, -0.15) is 0 Å². The van der Waals surface area contributed by atoms with Crippen molar-refractivity contribution in [2.75, 3.05) is 0 Å². The van der Waals surface area contributed by atoms with E-state index in [1.807, 2.05) is 24.3 Å². The van der Waals surface area contributed by atoms with Gasteiger partial charge in [-0.25, -0.2) is 15.0 Å². The number of aromatic nitrogens is 3. The van der Waals surface area contributed by atoms with Crippen molar-refractivity contribution in [3.05, 3.63) is 182 Å². The Hall–Kier alpha value is -6.91. The summed E-state index contributed by atoms with van der Waals surface area (Å²) in [5, 5.41) is 4.46. The van der Waals surface area contributed by atoms with E-state index in [2.05, 4.69) is 152 Å². The van der Waals surface area contributed by atoms with Gasteiger partial charge in [-0.1, -0.05) is 152 Å². The molecular formula is C49H33N3O. The van der Waals surface area contributed by atoms with Gasteiger partial charge in [-0.05, 0) is 81.3 Å². The van der Waals surface area contributed by atoms with Crippen molar-refractivity contribution < 1.29 is 4.42 Å². The van der Waals surface area contributed by atoms with E-state index in [1.54, 1.807) is 0 Å². The highest BCUT2D eigenvalue weighted by atomic mass is 16.3. The summed E-state index contributed by atoms with van der Waals surface area (Å²) in [6.45, 7) is 0. The summed E-state index contributed by atoms with van der Waals surface area (Å²) in [5.74, 6) is 1.89. The standard InChI is InChI=1S/C49H33N3O/c1-3-12-32(13-4-1)34-22-26-36(27-23-34)47-50-48(37-28-24-35(25-29-37)33-14-5-2-6-15-33)52-49(51-47)39-30-38-16-7-8-17-40(38)43(31-39)41-19-11-21-45-46(41)42-18-9-10-20-44(42)53-45/h1-5,7-14,16-31H,6,15H2. The molecule has 0 fully saturated rings. The molecule has 250 valence electrons. The van der Waals surface area contributed by atoms with Crippen molar-refractivity contribution in [3.63, 3.8) is 0 Å². The lowest BCUT2D eigenvalue weighted by atomic mass is 9.92. The monoisotopic (exact) mass is 679 g/mol. The molecule has 0 radical (unpaired) electrons. The minimum absolute atomic E-state index is 0.623. The summed E-state index contributed by atoms with van der Waals surface area (Å²) in [4.78, 5) is 15.5. The highest BCUT2D eigenvalue weighted by Crippen LogP contribution is 2.41. The molecular weight excluding hydrogens is 647 g/mol. The second-order valence-corrected chi connectivity index (χ2v) is 13.5. The van der Waals surface area contributed by atoms with E-state index in [9.17, 15) is 0 Å². The first kappa shape index (κ1) is 30.9. The molecule has 2 heterocycles. The molecule has 7 aromatic carbocycles. The van der Waals surface area contributed by atoms with Gasteiger partial charge >= 0.3 is 0 Å². The summed E-state index contributed by atoms with van der Waals surface area (Å²) in [7, 11) is 0. The number of allylic oxidation sites excluding steroid dienone is 4. The molecule has 0 bridgehead atoms. The third-order valence-corrected chi connectivity index (χ3v) is 10.2. The Morgan fingerprint density at radius 3 is 1.77 bits per heavy atom. The van der Waals surface area contributed by atoms with Crippen LogP contribution in [0.15, 0.2) is 180 Å². The van der Waals surface area contributed by atoms with Crippen LogP contribution in [0.4, 0.5) is 0 Å². The highest BCUT2D eigenvalue weighted by molar-refractivity contribution is 6.15. The Balaban J connectivity index is 1.16.